The summed E-state index contributed by atoms with van der Waals surface area (Å²) in [4.78, 5) is 3.31. The summed E-state index contributed by atoms with van der Waals surface area (Å²) in [7, 11) is 0. The van der Waals surface area contributed by atoms with E-state index in [-0.39, 0.29) is 4.83 Å². The summed E-state index contributed by atoms with van der Waals surface area (Å²) in [5.74, 6) is 0. The van der Waals surface area contributed by atoms with Gasteiger partial charge in [0.25, 0.3) is 0 Å². The van der Waals surface area contributed by atoms with Crippen LogP contribution >= 0.6 is 43.2 Å². The summed E-state index contributed by atoms with van der Waals surface area (Å²) < 4.78 is 1.16. The van der Waals surface area contributed by atoms with Gasteiger partial charge in [-0.1, -0.05) is 62.2 Å². The van der Waals surface area contributed by atoms with Gasteiger partial charge in [-0.15, -0.1) is 11.3 Å². The van der Waals surface area contributed by atoms with Gasteiger partial charge in [-0.05, 0) is 53.3 Å². The van der Waals surface area contributed by atoms with Gasteiger partial charge in [0.05, 0.1) is 4.83 Å². The Bertz CT molecular complexity index is 798. The monoisotopic (exact) mass is 420 g/mol. The van der Waals surface area contributed by atoms with Crippen LogP contribution in [0.5, 0.6) is 0 Å². The molecule has 1 aliphatic rings. The average Bonchev–Trinajstić information content (AvgIpc) is 3.08. The van der Waals surface area contributed by atoms with Crippen LogP contribution in [0.25, 0.3) is 10.8 Å². The Morgan fingerprint density at radius 1 is 1.00 bits per heavy atom. The molecular formula is C18H14Br2S. The summed E-state index contributed by atoms with van der Waals surface area (Å²) >= 11 is 9.57. The van der Waals surface area contributed by atoms with Crippen molar-refractivity contribution in [2.45, 2.75) is 24.1 Å². The molecule has 4 rings (SSSR count). The molecule has 2 aromatic carbocycles. The molecule has 0 fully saturated rings. The zero-order chi connectivity index (χ0) is 14.4. The van der Waals surface area contributed by atoms with E-state index in [1.807, 2.05) is 11.3 Å². The van der Waals surface area contributed by atoms with Gasteiger partial charge in [-0.2, -0.15) is 0 Å². The van der Waals surface area contributed by atoms with Crippen LogP contribution < -0.4 is 0 Å². The zero-order valence-corrected chi connectivity index (χ0v) is 15.4. The molecule has 106 valence electrons. The topological polar surface area (TPSA) is 0 Å². The predicted octanol–water partition coefficient (Wildman–Crippen LogP) is 6.64. The molecule has 0 radical (unpaired) electrons. The summed E-state index contributed by atoms with van der Waals surface area (Å²) in [6, 6.07) is 15.4. The molecule has 21 heavy (non-hydrogen) atoms. The fraction of sp³-hybridized carbons (Fsp3) is 0.222. The van der Waals surface area contributed by atoms with Crippen molar-refractivity contribution in [1.29, 1.82) is 0 Å². The van der Waals surface area contributed by atoms with E-state index in [1.54, 1.807) is 10.4 Å². The van der Waals surface area contributed by atoms with Gasteiger partial charge in [-0.3, -0.25) is 0 Å². The van der Waals surface area contributed by atoms with Crippen LogP contribution in [0.1, 0.15) is 32.1 Å². The fourth-order valence-electron chi connectivity index (χ4n) is 3.14. The summed E-state index contributed by atoms with van der Waals surface area (Å²) in [5, 5.41) is 2.60. The molecule has 0 N–H and O–H groups in total. The SMILES string of the molecule is Brc1ccc(C(Br)c2cc3c(s2)CCC3)c2ccccc12. The van der Waals surface area contributed by atoms with E-state index in [2.05, 4.69) is 74.3 Å². The van der Waals surface area contributed by atoms with E-state index in [0.29, 0.717) is 0 Å². The standard InChI is InChI=1S/C18H14Br2S/c19-15-9-8-14(12-5-1-2-6-13(12)15)18(20)17-10-11-4-3-7-16(11)21-17/h1-2,5-6,8-10,18H,3-4,7H2. The lowest BCUT2D eigenvalue weighted by atomic mass is 10.0. The Morgan fingerprint density at radius 3 is 2.62 bits per heavy atom. The van der Waals surface area contributed by atoms with E-state index in [1.165, 1.54) is 40.5 Å². The van der Waals surface area contributed by atoms with Crippen molar-refractivity contribution in [2.24, 2.45) is 0 Å². The van der Waals surface area contributed by atoms with Gasteiger partial charge in [0.1, 0.15) is 0 Å². The molecule has 0 spiro atoms. The summed E-state index contributed by atoms with van der Waals surface area (Å²) in [6.07, 6.45) is 3.85. The zero-order valence-electron chi connectivity index (χ0n) is 11.4. The Kier molecular flexibility index (Phi) is 3.68. The number of rotatable bonds is 2. The number of alkyl halides is 1. The number of hydrogen-bond acceptors (Lipinski definition) is 1. The van der Waals surface area contributed by atoms with Crippen LogP contribution in [0.3, 0.4) is 0 Å². The highest BCUT2D eigenvalue weighted by atomic mass is 79.9. The lowest BCUT2D eigenvalue weighted by Gasteiger charge is -2.13. The molecule has 0 nitrogen and oxygen atoms in total. The molecule has 0 bridgehead atoms. The molecule has 0 saturated carbocycles. The molecule has 0 amide bonds. The third-order valence-corrected chi connectivity index (χ3v) is 7.48. The third-order valence-electron chi connectivity index (χ3n) is 4.19. The first kappa shape index (κ1) is 14.0. The van der Waals surface area contributed by atoms with Crippen molar-refractivity contribution >= 4 is 54.0 Å². The maximum absolute atomic E-state index is 3.94. The van der Waals surface area contributed by atoms with Crippen molar-refractivity contribution in [3.05, 3.63) is 67.8 Å². The molecule has 1 aromatic heterocycles. The minimum atomic E-state index is 0.283. The first-order valence-electron chi connectivity index (χ1n) is 7.17. The van der Waals surface area contributed by atoms with Crippen LogP contribution in [0, 0.1) is 0 Å². The van der Waals surface area contributed by atoms with Gasteiger partial charge >= 0.3 is 0 Å². The van der Waals surface area contributed by atoms with Gasteiger partial charge in [0.2, 0.25) is 0 Å². The maximum atomic E-state index is 3.94. The largest absolute Gasteiger partial charge is 0.144 e. The maximum Gasteiger partial charge on any atom is 0.0744 e. The Morgan fingerprint density at radius 2 is 1.81 bits per heavy atom. The molecule has 3 aromatic rings. The molecule has 3 heteroatoms. The molecule has 0 aliphatic heterocycles. The number of halogens is 2. The van der Waals surface area contributed by atoms with E-state index >= 15 is 0 Å². The van der Waals surface area contributed by atoms with E-state index in [0.717, 1.165) is 4.47 Å². The number of aryl methyl sites for hydroxylation is 2. The van der Waals surface area contributed by atoms with Crippen LogP contribution in [-0.4, -0.2) is 0 Å². The minimum absolute atomic E-state index is 0.283. The van der Waals surface area contributed by atoms with Crippen molar-refractivity contribution < 1.29 is 0 Å². The first-order valence-corrected chi connectivity index (χ1v) is 9.69. The fourth-order valence-corrected chi connectivity index (χ4v) is 5.68. The van der Waals surface area contributed by atoms with Crippen molar-refractivity contribution in [1.82, 2.24) is 0 Å². The molecule has 1 aliphatic carbocycles. The summed E-state index contributed by atoms with van der Waals surface area (Å²) in [6.45, 7) is 0. The van der Waals surface area contributed by atoms with Crippen molar-refractivity contribution in [3.8, 4) is 0 Å². The summed E-state index contributed by atoms with van der Waals surface area (Å²) in [5.41, 5.74) is 2.93. The average molecular weight is 422 g/mol. The van der Waals surface area contributed by atoms with E-state index < -0.39 is 0 Å². The van der Waals surface area contributed by atoms with Gasteiger partial charge < -0.3 is 0 Å². The highest BCUT2D eigenvalue weighted by Crippen LogP contribution is 2.42. The molecule has 1 unspecified atom stereocenters. The van der Waals surface area contributed by atoms with Crippen LogP contribution in [0.4, 0.5) is 0 Å². The Balaban J connectivity index is 1.83. The second kappa shape index (κ2) is 5.53. The van der Waals surface area contributed by atoms with Gasteiger partial charge in [0.15, 0.2) is 0 Å². The van der Waals surface area contributed by atoms with E-state index in [4.69, 9.17) is 0 Å². The highest BCUT2D eigenvalue weighted by molar-refractivity contribution is 9.10. The van der Waals surface area contributed by atoms with Crippen LogP contribution in [0.15, 0.2) is 46.9 Å². The Hall–Kier alpha value is -0.640. The molecule has 0 saturated heterocycles. The predicted molar refractivity (Wildman–Crippen MR) is 98.8 cm³/mol. The van der Waals surface area contributed by atoms with Crippen LogP contribution in [0.2, 0.25) is 0 Å². The van der Waals surface area contributed by atoms with Crippen LogP contribution in [-0.2, 0) is 12.8 Å². The number of hydrogen-bond donors (Lipinski definition) is 0. The lowest BCUT2D eigenvalue weighted by Crippen LogP contribution is -1.92. The van der Waals surface area contributed by atoms with Crippen molar-refractivity contribution in [2.75, 3.05) is 0 Å². The quantitative estimate of drug-likeness (QED) is 0.407. The second-order valence-corrected chi connectivity index (χ2v) is 8.43. The smallest absolute Gasteiger partial charge is 0.0744 e. The van der Waals surface area contributed by atoms with Crippen molar-refractivity contribution in [3.63, 3.8) is 0 Å². The molecule has 1 heterocycles. The molecular weight excluding hydrogens is 408 g/mol. The molecule has 1 atom stereocenters. The highest BCUT2D eigenvalue weighted by Gasteiger charge is 2.21. The normalized spacial score (nSPS) is 15.3. The van der Waals surface area contributed by atoms with Gasteiger partial charge in [0, 0.05) is 14.2 Å². The van der Waals surface area contributed by atoms with Gasteiger partial charge in [-0.25, -0.2) is 0 Å². The number of fused-ring (bicyclic) bond motifs is 2. The second-order valence-electron chi connectivity index (χ2n) is 5.50. The Labute approximate surface area is 145 Å². The lowest BCUT2D eigenvalue weighted by molar-refractivity contribution is 0.913. The van der Waals surface area contributed by atoms with E-state index in [9.17, 15) is 0 Å². The third kappa shape index (κ3) is 2.39. The number of thiophene rings is 1. The number of benzene rings is 2. The minimum Gasteiger partial charge on any atom is -0.144 e. The first-order chi connectivity index (χ1) is 10.2.